The number of hydrogen-bond acceptors (Lipinski definition) is 7. The zero-order chi connectivity index (χ0) is 26.6. The van der Waals surface area contributed by atoms with E-state index < -0.39 is 0 Å². The van der Waals surface area contributed by atoms with Crippen molar-refractivity contribution in [1.29, 1.82) is 0 Å². The average Bonchev–Trinajstić information content (AvgIpc) is 2.87. The van der Waals surface area contributed by atoms with Crippen LogP contribution in [-0.4, -0.2) is 62.8 Å². The van der Waals surface area contributed by atoms with Crippen molar-refractivity contribution >= 4 is 53.4 Å². The van der Waals surface area contributed by atoms with Gasteiger partial charge in [0.25, 0.3) is 0 Å². The zero-order valence-electron chi connectivity index (χ0n) is 20.1. The zero-order valence-corrected chi connectivity index (χ0v) is 24.1. The van der Waals surface area contributed by atoms with E-state index in [2.05, 4.69) is 19.9 Å². The second kappa shape index (κ2) is 17.2. The molecule has 0 N–H and O–H groups in total. The average molecular weight is 732 g/mol. The summed E-state index contributed by atoms with van der Waals surface area (Å²) >= 11 is 17.9. The van der Waals surface area contributed by atoms with Crippen LogP contribution in [0.25, 0.3) is 0 Å². The van der Waals surface area contributed by atoms with Gasteiger partial charge >= 0.3 is 46.9 Å². The maximum absolute atomic E-state index is 11.9. The molecule has 3 rings (SSSR count). The Morgan fingerprint density at radius 3 is 1.13 bits per heavy atom. The summed E-state index contributed by atoms with van der Waals surface area (Å²) in [6.45, 7) is 3.09. The van der Waals surface area contributed by atoms with Gasteiger partial charge in [-0.15, -0.1) is 0 Å². The molecule has 0 aromatic heterocycles. The molecular formula is C27H24Cl3N4O3Yb. The molecule has 0 atom stereocenters. The first-order valence-electron chi connectivity index (χ1n) is 11.4. The number of hydrogen-bond donors (Lipinski definition) is 0. The first-order chi connectivity index (χ1) is 17.8. The van der Waals surface area contributed by atoms with Crippen molar-refractivity contribution < 1.29 is 62.2 Å². The van der Waals surface area contributed by atoms with Gasteiger partial charge in [0, 0.05) is 53.3 Å². The van der Waals surface area contributed by atoms with Gasteiger partial charge in [-0.2, -0.15) is 0 Å². The Kier molecular flexibility index (Phi) is 14.8. The van der Waals surface area contributed by atoms with E-state index in [-0.39, 0.29) is 64.2 Å². The van der Waals surface area contributed by atoms with Crippen LogP contribution in [0.1, 0.15) is 16.7 Å². The fourth-order valence-electron chi connectivity index (χ4n) is 3.28. The van der Waals surface area contributed by atoms with Gasteiger partial charge in [-0.3, -0.25) is 19.9 Å². The summed E-state index contributed by atoms with van der Waals surface area (Å²) in [4.78, 5) is 15.2. The minimum atomic E-state index is -0.147. The number of nitrogens with zero attached hydrogens (tertiary/aromatic N) is 4. The monoisotopic (exact) mass is 731 g/mol. The summed E-state index contributed by atoms with van der Waals surface area (Å²) in [6.07, 6.45) is 4.56. The van der Waals surface area contributed by atoms with Gasteiger partial charge < -0.3 is 15.3 Å². The molecule has 0 bridgehead atoms. The molecule has 1 radical (unpaired) electrons. The Bertz CT molecular complexity index is 1130. The maximum Gasteiger partial charge on any atom is 3.00 e. The Labute approximate surface area is 275 Å². The van der Waals surface area contributed by atoms with Gasteiger partial charge in [-0.05, 0) is 53.1 Å². The summed E-state index contributed by atoms with van der Waals surface area (Å²) in [5.41, 5.74) is 1.29. The van der Waals surface area contributed by atoms with Gasteiger partial charge in [0.2, 0.25) is 0 Å². The smallest absolute Gasteiger partial charge is 0.872 e. The van der Waals surface area contributed by atoms with Crippen molar-refractivity contribution in [3.8, 4) is 17.2 Å². The number of aliphatic imine (C=N–C) groups is 3. The molecule has 0 amide bonds. The molecule has 0 unspecified atom stereocenters. The van der Waals surface area contributed by atoms with Crippen LogP contribution in [0, 0.1) is 46.9 Å². The predicted octanol–water partition coefficient (Wildman–Crippen LogP) is 3.83. The third-order valence-electron chi connectivity index (χ3n) is 5.24. The fourth-order valence-corrected chi connectivity index (χ4v) is 3.82. The first kappa shape index (κ1) is 32.6. The van der Waals surface area contributed by atoms with Crippen LogP contribution in [0.2, 0.25) is 15.1 Å². The van der Waals surface area contributed by atoms with E-state index in [9.17, 15) is 15.3 Å². The Balaban J connectivity index is 0.00000507. The Morgan fingerprint density at radius 2 is 0.842 bits per heavy atom. The largest absolute Gasteiger partial charge is 3.00 e. The molecule has 0 heterocycles. The number of rotatable bonds is 12. The van der Waals surface area contributed by atoms with Gasteiger partial charge in [-0.1, -0.05) is 70.3 Å². The van der Waals surface area contributed by atoms with Crippen LogP contribution in [-0.2, 0) is 0 Å². The molecule has 3 aromatic rings. The third kappa shape index (κ3) is 11.3. The van der Waals surface area contributed by atoms with Crippen LogP contribution in [0.3, 0.4) is 0 Å². The molecule has 0 spiro atoms. The minimum absolute atomic E-state index is 0. The quantitative estimate of drug-likeness (QED) is 0.264. The molecule has 3 aromatic carbocycles. The van der Waals surface area contributed by atoms with E-state index in [1.807, 2.05) is 0 Å². The first-order valence-corrected chi connectivity index (χ1v) is 12.6. The minimum Gasteiger partial charge on any atom is -0.872 e. The summed E-state index contributed by atoms with van der Waals surface area (Å²) in [5.74, 6) is -0.441. The topological polar surface area (TPSA) is 110 Å². The molecule has 11 heteroatoms. The number of halogens is 3. The second-order valence-electron chi connectivity index (χ2n) is 7.99. The van der Waals surface area contributed by atoms with Crippen molar-refractivity contribution in [2.24, 2.45) is 15.0 Å². The van der Waals surface area contributed by atoms with Crippen molar-refractivity contribution in [2.75, 3.05) is 39.3 Å². The van der Waals surface area contributed by atoms with Gasteiger partial charge in [0.1, 0.15) is 0 Å². The summed E-state index contributed by atoms with van der Waals surface area (Å²) in [7, 11) is 0. The Hall–Kier alpha value is -1.58. The number of benzene rings is 3. The summed E-state index contributed by atoms with van der Waals surface area (Å²) in [6, 6.07) is 13.6. The van der Waals surface area contributed by atoms with E-state index in [4.69, 9.17) is 34.8 Å². The van der Waals surface area contributed by atoms with Crippen LogP contribution in [0.5, 0.6) is 17.2 Å². The van der Waals surface area contributed by atoms with Crippen molar-refractivity contribution in [1.82, 2.24) is 4.90 Å². The molecule has 0 aliphatic rings. The molecule has 0 aliphatic heterocycles. The van der Waals surface area contributed by atoms with Gasteiger partial charge in [-0.25, -0.2) is 0 Å². The molecule has 38 heavy (non-hydrogen) atoms. The molecular weight excluding hydrogens is 708 g/mol. The second-order valence-corrected chi connectivity index (χ2v) is 9.30. The van der Waals surface area contributed by atoms with Crippen molar-refractivity contribution in [3.63, 3.8) is 0 Å². The fraction of sp³-hybridized carbons (Fsp3) is 0.222. The van der Waals surface area contributed by atoms with E-state index in [0.717, 1.165) is 0 Å². The molecule has 0 saturated heterocycles. The van der Waals surface area contributed by atoms with Crippen molar-refractivity contribution in [2.45, 2.75) is 0 Å². The third-order valence-corrected chi connectivity index (χ3v) is 5.95. The molecule has 7 nitrogen and oxygen atoms in total. The van der Waals surface area contributed by atoms with E-state index in [1.54, 1.807) is 36.4 Å². The van der Waals surface area contributed by atoms with Crippen LogP contribution in [0.4, 0.5) is 0 Å². The van der Waals surface area contributed by atoms with Gasteiger partial charge in [0.15, 0.2) is 0 Å². The van der Waals surface area contributed by atoms with E-state index >= 15 is 0 Å². The predicted molar refractivity (Wildman–Crippen MR) is 147 cm³/mol. The summed E-state index contributed by atoms with van der Waals surface area (Å²) in [5, 5.41) is 37.2. The van der Waals surface area contributed by atoms with Crippen molar-refractivity contribution in [3.05, 3.63) is 86.4 Å². The SMILES string of the molecule is [O-]c1ccc(Cl)cc1C=NCCN(CCN=Cc1cc(Cl)ccc1[O-])CCN=Cc1cc(Cl)ccc1[O-].[Yb+3]. The van der Waals surface area contributed by atoms with E-state index in [0.29, 0.717) is 71.0 Å². The molecule has 205 valence electrons. The van der Waals surface area contributed by atoms with Gasteiger partial charge in [0.05, 0.1) is 19.6 Å². The Morgan fingerprint density at radius 1 is 0.553 bits per heavy atom. The standard InChI is InChI=1S/C27H27Cl3N4O3.Yb/c28-22-1-4-25(35)19(13-22)16-31-7-10-34(11-8-32-17-20-14-23(29)2-5-26(20)36)12-9-33-18-21-15-24(30)3-6-27(21)37;/h1-6,13-18,35-37H,7-12H2;/q;+3/p-3. The summed E-state index contributed by atoms with van der Waals surface area (Å²) < 4.78 is 0. The molecule has 0 saturated carbocycles. The van der Waals surface area contributed by atoms with Crippen LogP contribution in [0.15, 0.2) is 69.6 Å². The van der Waals surface area contributed by atoms with E-state index in [1.165, 1.54) is 36.8 Å². The molecule has 0 fully saturated rings. The van der Waals surface area contributed by atoms with Crippen LogP contribution < -0.4 is 15.3 Å². The van der Waals surface area contributed by atoms with Crippen LogP contribution >= 0.6 is 34.8 Å². The normalized spacial score (nSPS) is 11.7. The maximum atomic E-state index is 11.9. The molecule has 0 aliphatic carbocycles.